The number of hydrogen-bond acceptors (Lipinski definition) is 3. The molecule has 0 fully saturated rings. The molecular weight excluding hydrogens is 234 g/mol. The van der Waals surface area contributed by atoms with Gasteiger partial charge in [-0.3, -0.25) is 4.98 Å². The molecule has 0 amide bonds. The standard InChI is InChI=1S/C16H17N3/c17-10-5-12-19(16-7-2-1-3-8-16)13-9-15-6-4-11-18-14-15/h1-4,6-8,11,14H,5,9,12-13H2. The molecule has 3 heteroatoms. The van der Waals surface area contributed by atoms with Crippen molar-refractivity contribution in [2.45, 2.75) is 12.8 Å². The molecule has 0 unspecified atom stereocenters. The van der Waals surface area contributed by atoms with Crippen LogP contribution < -0.4 is 4.90 Å². The molecule has 1 aromatic heterocycles. The highest BCUT2D eigenvalue weighted by Crippen LogP contribution is 2.14. The SMILES string of the molecule is N#CCCN(CCc1cccnc1)c1ccccc1. The van der Waals surface area contributed by atoms with Crippen LogP contribution in [0.25, 0.3) is 0 Å². The van der Waals surface area contributed by atoms with Crippen LogP contribution in [0.1, 0.15) is 12.0 Å². The Labute approximate surface area is 114 Å². The first-order valence-electron chi connectivity index (χ1n) is 6.46. The first-order chi connectivity index (χ1) is 9.40. The van der Waals surface area contributed by atoms with E-state index in [2.05, 4.69) is 34.2 Å². The maximum atomic E-state index is 8.76. The summed E-state index contributed by atoms with van der Waals surface area (Å²) in [6.07, 6.45) is 5.16. The number of rotatable bonds is 6. The fraction of sp³-hybridized carbons (Fsp3) is 0.250. The fourth-order valence-electron chi connectivity index (χ4n) is 2.00. The van der Waals surface area contributed by atoms with E-state index in [1.807, 2.05) is 30.5 Å². The molecule has 0 spiro atoms. The number of aromatic nitrogens is 1. The lowest BCUT2D eigenvalue weighted by molar-refractivity contribution is 0.780. The number of anilines is 1. The lowest BCUT2D eigenvalue weighted by Crippen LogP contribution is -2.26. The van der Waals surface area contributed by atoms with Gasteiger partial charge >= 0.3 is 0 Å². The van der Waals surface area contributed by atoms with E-state index >= 15 is 0 Å². The average Bonchev–Trinajstić information content (AvgIpc) is 2.49. The van der Waals surface area contributed by atoms with Gasteiger partial charge in [-0.05, 0) is 30.2 Å². The molecule has 1 aromatic carbocycles. The number of benzene rings is 1. The Balaban J connectivity index is 2.00. The van der Waals surface area contributed by atoms with E-state index in [9.17, 15) is 0 Å². The van der Waals surface area contributed by atoms with Crippen LogP contribution in [0, 0.1) is 11.3 Å². The second-order valence-corrected chi connectivity index (χ2v) is 4.34. The summed E-state index contributed by atoms with van der Waals surface area (Å²) in [6, 6.07) is 16.5. The third-order valence-corrected chi connectivity index (χ3v) is 3.01. The largest absolute Gasteiger partial charge is 0.370 e. The van der Waals surface area contributed by atoms with E-state index in [0.29, 0.717) is 6.42 Å². The Morgan fingerprint density at radius 1 is 1.05 bits per heavy atom. The Kier molecular flexibility index (Phi) is 4.95. The predicted octanol–water partition coefficient (Wildman–Crippen LogP) is 3.04. The van der Waals surface area contributed by atoms with E-state index < -0.39 is 0 Å². The zero-order chi connectivity index (χ0) is 13.3. The summed E-state index contributed by atoms with van der Waals surface area (Å²) in [6.45, 7) is 1.66. The lowest BCUT2D eigenvalue weighted by atomic mass is 10.2. The second-order valence-electron chi connectivity index (χ2n) is 4.34. The van der Waals surface area contributed by atoms with Gasteiger partial charge in [-0.15, -0.1) is 0 Å². The minimum Gasteiger partial charge on any atom is -0.370 e. The van der Waals surface area contributed by atoms with Gasteiger partial charge in [-0.25, -0.2) is 0 Å². The fourth-order valence-corrected chi connectivity index (χ4v) is 2.00. The summed E-state index contributed by atoms with van der Waals surface area (Å²) in [5.74, 6) is 0. The Bertz CT molecular complexity index is 517. The topological polar surface area (TPSA) is 39.9 Å². The number of pyridine rings is 1. The normalized spacial score (nSPS) is 9.84. The summed E-state index contributed by atoms with van der Waals surface area (Å²) in [4.78, 5) is 6.37. The predicted molar refractivity (Wildman–Crippen MR) is 76.8 cm³/mol. The van der Waals surface area contributed by atoms with Crippen LogP contribution in [0.4, 0.5) is 5.69 Å². The number of para-hydroxylation sites is 1. The summed E-state index contributed by atoms with van der Waals surface area (Å²) in [5.41, 5.74) is 2.39. The quantitative estimate of drug-likeness (QED) is 0.792. The van der Waals surface area contributed by atoms with Crippen molar-refractivity contribution < 1.29 is 0 Å². The van der Waals surface area contributed by atoms with Crippen LogP contribution in [-0.4, -0.2) is 18.1 Å². The van der Waals surface area contributed by atoms with Crippen molar-refractivity contribution in [3.05, 3.63) is 60.4 Å². The van der Waals surface area contributed by atoms with Gasteiger partial charge < -0.3 is 4.90 Å². The van der Waals surface area contributed by atoms with Crippen molar-refractivity contribution in [2.24, 2.45) is 0 Å². The van der Waals surface area contributed by atoms with Gasteiger partial charge in [0.15, 0.2) is 0 Å². The van der Waals surface area contributed by atoms with E-state index in [1.54, 1.807) is 6.20 Å². The van der Waals surface area contributed by atoms with Crippen molar-refractivity contribution in [1.29, 1.82) is 5.26 Å². The average molecular weight is 251 g/mol. The third-order valence-electron chi connectivity index (χ3n) is 3.01. The number of nitriles is 1. The second kappa shape index (κ2) is 7.17. The molecule has 0 aliphatic carbocycles. The monoisotopic (exact) mass is 251 g/mol. The zero-order valence-corrected chi connectivity index (χ0v) is 10.9. The summed E-state index contributed by atoms with van der Waals surface area (Å²) in [7, 11) is 0. The zero-order valence-electron chi connectivity index (χ0n) is 10.9. The van der Waals surface area contributed by atoms with Gasteiger partial charge in [-0.2, -0.15) is 5.26 Å². The van der Waals surface area contributed by atoms with Gasteiger partial charge in [0.2, 0.25) is 0 Å². The molecule has 0 saturated heterocycles. The van der Waals surface area contributed by atoms with Crippen molar-refractivity contribution in [3.63, 3.8) is 0 Å². The maximum absolute atomic E-state index is 8.76. The molecule has 96 valence electrons. The molecule has 2 rings (SSSR count). The molecule has 0 aliphatic rings. The molecular formula is C16H17N3. The summed E-state index contributed by atoms with van der Waals surface area (Å²) in [5, 5.41) is 8.76. The molecule has 0 N–H and O–H groups in total. The lowest BCUT2D eigenvalue weighted by Gasteiger charge is -2.23. The molecule has 19 heavy (non-hydrogen) atoms. The van der Waals surface area contributed by atoms with Crippen molar-refractivity contribution in [2.75, 3.05) is 18.0 Å². The van der Waals surface area contributed by atoms with Gasteiger partial charge in [-0.1, -0.05) is 24.3 Å². The Morgan fingerprint density at radius 2 is 1.89 bits per heavy atom. The summed E-state index contributed by atoms with van der Waals surface area (Å²) < 4.78 is 0. The smallest absolute Gasteiger partial charge is 0.0640 e. The Hall–Kier alpha value is -2.34. The highest BCUT2D eigenvalue weighted by Gasteiger charge is 2.05. The van der Waals surface area contributed by atoms with Gasteiger partial charge in [0.1, 0.15) is 0 Å². The van der Waals surface area contributed by atoms with Gasteiger partial charge in [0.05, 0.1) is 12.5 Å². The molecule has 3 nitrogen and oxygen atoms in total. The molecule has 1 heterocycles. The Morgan fingerprint density at radius 3 is 2.58 bits per heavy atom. The molecule has 0 bridgehead atoms. The van der Waals surface area contributed by atoms with E-state index in [-0.39, 0.29) is 0 Å². The van der Waals surface area contributed by atoms with Gasteiger partial charge in [0, 0.05) is 31.2 Å². The minimum atomic E-state index is 0.544. The van der Waals surface area contributed by atoms with E-state index in [0.717, 1.165) is 19.5 Å². The van der Waals surface area contributed by atoms with E-state index in [4.69, 9.17) is 5.26 Å². The summed E-state index contributed by atoms with van der Waals surface area (Å²) >= 11 is 0. The van der Waals surface area contributed by atoms with Crippen molar-refractivity contribution in [3.8, 4) is 6.07 Å². The minimum absolute atomic E-state index is 0.544. The molecule has 0 saturated carbocycles. The highest BCUT2D eigenvalue weighted by atomic mass is 15.1. The first kappa shape index (κ1) is 13.1. The first-order valence-corrected chi connectivity index (χ1v) is 6.46. The maximum Gasteiger partial charge on any atom is 0.0640 e. The van der Waals surface area contributed by atoms with Crippen molar-refractivity contribution in [1.82, 2.24) is 4.98 Å². The van der Waals surface area contributed by atoms with Gasteiger partial charge in [0.25, 0.3) is 0 Å². The number of hydrogen-bond donors (Lipinski definition) is 0. The molecule has 2 aromatic rings. The third kappa shape index (κ3) is 4.11. The molecule has 0 radical (unpaired) electrons. The van der Waals surface area contributed by atoms with Crippen LogP contribution in [0.5, 0.6) is 0 Å². The number of nitrogens with zero attached hydrogens (tertiary/aromatic N) is 3. The van der Waals surface area contributed by atoms with Crippen LogP contribution in [0.15, 0.2) is 54.9 Å². The van der Waals surface area contributed by atoms with E-state index in [1.165, 1.54) is 11.3 Å². The van der Waals surface area contributed by atoms with Crippen LogP contribution >= 0.6 is 0 Å². The molecule has 0 aliphatic heterocycles. The highest BCUT2D eigenvalue weighted by molar-refractivity contribution is 5.46. The van der Waals surface area contributed by atoms with Crippen LogP contribution in [0.2, 0.25) is 0 Å². The van der Waals surface area contributed by atoms with Crippen molar-refractivity contribution >= 4 is 5.69 Å². The molecule has 0 atom stereocenters. The van der Waals surface area contributed by atoms with Crippen LogP contribution in [-0.2, 0) is 6.42 Å². The van der Waals surface area contributed by atoms with Crippen LogP contribution in [0.3, 0.4) is 0 Å².